The number of ether oxygens (including phenoxy) is 1. The molecular weight excluding hydrogens is 514 g/mol. The number of hydrogen-bond donors (Lipinski definition) is 3. The Hall–Kier alpha value is -2.95. The fraction of sp³-hybridized carbons (Fsp3) is 0.462. The molecule has 5 rings (SSSR count). The molecule has 3 unspecified atom stereocenters. The van der Waals surface area contributed by atoms with Gasteiger partial charge in [-0.1, -0.05) is 11.6 Å². The van der Waals surface area contributed by atoms with Crippen molar-refractivity contribution in [2.45, 2.75) is 51.2 Å². The van der Waals surface area contributed by atoms with Gasteiger partial charge in [0.1, 0.15) is 5.69 Å². The van der Waals surface area contributed by atoms with Gasteiger partial charge in [-0.05, 0) is 57.5 Å². The molecule has 3 atom stereocenters. The molecule has 37 heavy (non-hydrogen) atoms. The molecule has 1 fully saturated rings. The molecule has 2 amide bonds. The number of amides is 2. The van der Waals surface area contributed by atoms with Crippen molar-refractivity contribution in [1.82, 2.24) is 25.5 Å². The van der Waals surface area contributed by atoms with Crippen LogP contribution >= 0.6 is 22.9 Å². The van der Waals surface area contributed by atoms with E-state index in [1.165, 1.54) is 11.3 Å². The summed E-state index contributed by atoms with van der Waals surface area (Å²) in [5.74, 6) is -1.18. The Bertz CT molecular complexity index is 1340. The second kappa shape index (κ2) is 10.8. The van der Waals surface area contributed by atoms with Gasteiger partial charge < -0.3 is 25.3 Å². The SMILES string of the molecule is CCOC(=O)C1CCC(NC(=O)c2nc3c(s2)CN(C)CC3)C(NC(=O)c2cc3cc(Cl)ccc3[nH]2)C1. The molecule has 9 nitrogen and oxygen atoms in total. The molecule has 0 spiro atoms. The van der Waals surface area contributed by atoms with E-state index < -0.39 is 6.04 Å². The lowest BCUT2D eigenvalue weighted by Crippen LogP contribution is -2.55. The summed E-state index contributed by atoms with van der Waals surface area (Å²) in [5.41, 5.74) is 2.17. The molecule has 1 saturated carbocycles. The highest BCUT2D eigenvalue weighted by Crippen LogP contribution is 2.29. The van der Waals surface area contributed by atoms with Crippen LogP contribution in [0.4, 0.5) is 0 Å². The third kappa shape index (κ3) is 5.66. The van der Waals surface area contributed by atoms with Crippen LogP contribution in [-0.4, -0.2) is 64.9 Å². The van der Waals surface area contributed by atoms with Crippen LogP contribution in [0.25, 0.3) is 10.9 Å². The first-order valence-corrected chi connectivity index (χ1v) is 13.7. The molecule has 0 bridgehead atoms. The first-order chi connectivity index (χ1) is 17.8. The number of carbonyl (C=O) groups is 3. The van der Waals surface area contributed by atoms with Crippen LogP contribution in [0.3, 0.4) is 0 Å². The summed E-state index contributed by atoms with van der Waals surface area (Å²) < 4.78 is 5.24. The van der Waals surface area contributed by atoms with E-state index in [0.717, 1.165) is 41.0 Å². The molecule has 1 aliphatic carbocycles. The topological polar surface area (TPSA) is 116 Å². The molecule has 3 aromatic rings. The quantitative estimate of drug-likeness (QED) is 0.410. The van der Waals surface area contributed by atoms with Crippen LogP contribution in [0.2, 0.25) is 5.02 Å². The van der Waals surface area contributed by atoms with Crippen molar-refractivity contribution >= 4 is 51.6 Å². The van der Waals surface area contributed by atoms with Gasteiger partial charge in [-0.15, -0.1) is 11.3 Å². The number of aromatic amines is 1. The number of fused-ring (bicyclic) bond motifs is 2. The van der Waals surface area contributed by atoms with Gasteiger partial charge in [0.15, 0.2) is 5.01 Å². The van der Waals surface area contributed by atoms with Crippen LogP contribution in [0, 0.1) is 5.92 Å². The first-order valence-electron chi connectivity index (χ1n) is 12.5. The Kier molecular flexibility index (Phi) is 7.50. The number of benzene rings is 1. The van der Waals surface area contributed by atoms with E-state index >= 15 is 0 Å². The lowest BCUT2D eigenvalue weighted by atomic mass is 9.82. The molecule has 196 valence electrons. The van der Waals surface area contributed by atoms with E-state index in [1.807, 2.05) is 6.07 Å². The van der Waals surface area contributed by atoms with Gasteiger partial charge in [0, 0.05) is 46.4 Å². The second-order valence-corrected chi connectivity index (χ2v) is 11.2. The van der Waals surface area contributed by atoms with Crippen molar-refractivity contribution in [2.75, 3.05) is 20.2 Å². The monoisotopic (exact) mass is 543 g/mol. The lowest BCUT2D eigenvalue weighted by molar-refractivity contribution is -0.149. The highest BCUT2D eigenvalue weighted by Gasteiger charge is 2.37. The zero-order valence-corrected chi connectivity index (χ0v) is 22.4. The smallest absolute Gasteiger partial charge is 0.308 e. The maximum Gasteiger partial charge on any atom is 0.308 e. The standard InChI is InChI=1S/C26H30ClN5O4S/c1-3-36-26(35)14-4-6-18(29-24(34)25-31-19-8-9-32(2)13-22(19)37-25)20(11-14)30-23(33)21-12-15-10-16(27)5-7-17(15)28-21/h5,7,10,12,14,18,20,28H,3-4,6,8-9,11,13H2,1-2H3,(H,29,34)(H,30,33). The summed E-state index contributed by atoms with van der Waals surface area (Å²) in [6, 6.07) is 6.32. The minimum atomic E-state index is -0.449. The highest BCUT2D eigenvalue weighted by atomic mass is 35.5. The molecule has 11 heteroatoms. The normalized spacial score (nSPS) is 21.9. The third-order valence-corrected chi connectivity index (χ3v) is 8.36. The molecule has 0 saturated heterocycles. The number of thiazole rings is 1. The summed E-state index contributed by atoms with van der Waals surface area (Å²) in [5, 5.41) is 7.99. The summed E-state index contributed by atoms with van der Waals surface area (Å²) in [4.78, 5) is 49.9. The molecule has 3 N–H and O–H groups in total. The number of H-pyrrole nitrogens is 1. The van der Waals surface area contributed by atoms with Crippen molar-refractivity contribution in [3.05, 3.63) is 50.6 Å². The van der Waals surface area contributed by atoms with Crippen molar-refractivity contribution < 1.29 is 19.1 Å². The van der Waals surface area contributed by atoms with E-state index in [0.29, 0.717) is 41.6 Å². The average molecular weight is 544 g/mol. The number of nitrogens with zero attached hydrogens (tertiary/aromatic N) is 2. The van der Waals surface area contributed by atoms with E-state index in [9.17, 15) is 14.4 Å². The van der Waals surface area contributed by atoms with Gasteiger partial charge in [0.25, 0.3) is 11.8 Å². The number of halogens is 1. The first kappa shape index (κ1) is 25.7. The summed E-state index contributed by atoms with van der Waals surface area (Å²) in [7, 11) is 2.05. The van der Waals surface area contributed by atoms with Crippen molar-refractivity contribution in [1.29, 1.82) is 0 Å². The zero-order chi connectivity index (χ0) is 26.1. The Morgan fingerprint density at radius 3 is 2.81 bits per heavy atom. The largest absolute Gasteiger partial charge is 0.466 e. The number of rotatable bonds is 6. The van der Waals surface area contributed by atoms with Crippen LogP contribution < -0.4 is 10.6 Å². The predicted octanol–water partition coefficient (Wildman–Crippen LogP) is 3.53. The van der Waals surface area contributed by atoms with Crippen LogP contribution in [-0.2, 0) is 22.5 Å². The van der Waals surface area contributed by atoms with E-state index in [2.05, 4.69) is 32.5 Å². The predicted molar refractivity (Wildman–Crippen MR) is 142 cm³/mol. The highest BCUT2D eigenvalue weighted by molar-refractivity contribution is 7.13. The molecule has 1 aromatic carbocycles. The Labute approximate surface area is 223 Å². The molecule has 0 radical (unpaired) electrons. The van der Waals surface area contributed by atoms with Gasteiger partial charge in [0.2, 0.25) is 0 Å². The summed E-state index contributed by atoms with van der Waals surface area (Å²) >= 11 is 7.51. The summed E-state index contributed by atoms with van der Waals surface area (Å²) in [6.07, 6.45) is 2.31. The number of carbonyl (C=O) groups excluding carboxylic acids is 3. The summed E-state index contributed by atoms with van der Waals surface area (Å²) in [6.45, 7) is 3.79. The zero-order valence-electron chi connectivity index (χ0n) is 20.8. The molecule has 2 aromatic heterocycles. The minimum Gasteiger partial charge on any atom is -0.466 e. The molecule has 2 aliphatic rings. The number of nitrogens with one attached hydrogen (secondary N) is 3. The third-order valence-electron chi connectivity index (χ3n) is 7.05. The van der Waals surface area contributed by atoms with E-state index in [-0.39, 0.29) is 29.7 Å². The Morgan fingerprint density at radius 1 is 1.19 bits per heavy atom. The molecule has 3 heterocycles. The maximum atomic E-state index is 13.2. The number of likely N-dealkylation sites (N-methyl/N-ethyl adjacent to an activating group) is 1. The number of aromatic nitrogens is 2. The van der Waals surface area contributed by atoms with Crippen LogP contribution in [0.5, 0.6) is 0 Å². The van der Waals surface area contributed by atoms with Crippen LogP contribution in [0.15, 0.2) is 24.3 Å². The van der Waals surface area contributed by atoms with Gasteiger partial charge in [-0.3, -0.25) is 14.4 Å². The Balaban J connectivity index is 1.33. The average Bonchev–Trinajstić information content (AvgIpc) is 3.49. The van der Waals surface area contributed by atoms with Crippen molar-refractivity contribution in [3.63, 3.8) is 0 Å². The lowest BCUT2D eigenvalue weighted by Gasteiger charge is -2.35. The van der Waals surface area contributed by atoms with Gasteiger partial charge in [0.05, 0.1) is 24.3 Å². The minimum absolute atomic E-state index is 0.249. The number of esters is 1. The van der Waals surface area contributed by atoms with E-state index in [4.69, 9.17) is 16.3 Å². The number of hydrogen-bond acceptors (Lipinski definition) is 7. The van der Waals surface area contributed by atoms with Gasteiger partial charge in [-0.2, -0.15) is 0 Å². The molecular formula is C26H30ClN5O4S. The second-order valence-electron chi connectivity index (χ2n) is 9.71. The Morgan fingerprint density at radius 2 is 2.00 bits per heavy atom. The van der Waals surface area contributed by atoms with Crippen molar-refractivity contribution in [2.24, 2.45) is 5.92 Å². The fourth-order valence-electron chi connectivity index (χ4n) is 5.10. The van der Waals surface area contributed by atoms with Crippen molar-refractivity contribution in [3.8, 4) is 0 Å². The molecule has 1 aliphatic heterocycles. The van der Waals surface area contributed by atoms with E-state index in [1.54, 1.807) is 25.1 Å². The maximum absolute atomic E-state index is 13.2. The van der Waals surface area contributed by atoms with Gasteiger partial charge >= 0.3 is 5.97 Å². The van der Waals surface area contributed by atoms with Gasteiger partial charge in [-0.25, -0.2) is 4.98 Å². The van der Waals surface area contributed by atoms with Crippen LogP contribution in [0.1, 0.15) is 57.0 Å². The fourth-order valence-corrected chi connectivity index (χ4v) is 6.37.